The van der Waals surface area contributed by atoms with Gasteiger partial charge < -0.3 is 25.0 Å². The molecule has 7 rings (SSSR count). The summed E-state index contributed by atoms with van der Waals surface area (Å²) in [6.45, 7) is 7.09. The van der Waals surface area contributed by atoms with Crippen LogP contribution in [0, 0.1) is 0 Å². The summed E-state index contributed by atoms with van der Waals surface area (Å²) in [6, 6.07) is 21.1. The first-order valence-corrected chi connectivity index (χ1v) is 16.6. The van der Waals surface area contributed by atoms with Crippen LogP contribution in [0.2, 0.25) is 20.1 Å². The number of carbonyl (C=O) groups excluding carboxylic acids is 2. The smallest absolute Gasteiger partial charge is 0.340 e. The van der Waals surface area contributed by atoms with Gasteiger partial charge in [-0.15, -0.1) is 5.10 Å². The fourth-order valence-corrected chi connectivity index (χ4v) is 7.48. The van der Waals surface area contributed by atoms with Gasteiger partial charge in [0.1, 0.15) is 17.0 Å². The van der Waals surface area contributed by atoms with Gasteiger partial charge in [0.25, 0.3) is 0 Å². The summed E-state index contributed by atoms with van der Waals surface area (Å²) in [5.74, 6) is 0.128. The molecule has 3 heterocycles. The minimum Gasteiger partial charge on any atom is -0.440 e. The first kappa shape index (κ1) is 32.2. The molecule has 0 saturated carbocycles. The number of hydrogen-bond acceptors (Lipinski definition) is 7. The van der Waals surface area contributed by atoms with Crippen molar-refractivity contribution < 1.29 is 19.1 Å². The minimum absolute atomic E-state index is 0.200. The molecule has 1 spiro atoms. The number of halogens is 4. The van der Waals surface area contributed by atoms with Gasteiger partial charge in [-0.2, -0.15) is 4.68 Å². The molecule has 0 saturated heterocycles. The lowest BCUT2D eigenvalue weighted by molar-refractivity contribution is -0.114. The number of ether oxygens (including phenoxy) is 2. The third kappa shape index (κ3) is 5.13. The highest BCUT2D eigenvalue weighted by molar-refractivity contribution is 6.40. The van der Waals surface area contributed by atoms with E-state index in [9.17, 15) is 9.59 Å². The predicted molar refractivity (Wildman–Crippen MR) is 189 cm³/mol. The zero-order chi connectivity index (χ0) is 33.9. The number of carbonyl (C=O) groups is 2. The summed E-state index contributed by atoms with van der Waals surface area (Å²) < 4.78 is 14.7. The Morgan fingerprint density at radius 3 is 2.35 bits per heavy atom. The van der Waals surface area contributed by atoms with Crippen molar-refractivity contribution in [2.75, 3.05) is 28.6 Å². The molecular formula is C35H27Cl4N5O4. The van der Waals surface area contributed by atoms with Crippen LogP contribution in [0.1, 0.15) is 47.8 Å². The van der Waals surface area contributed by atoms with Crippen molar-refractivity contribution in [2.45, 2.75) is 26.4 Å². The lowest BCUT2D eigenvalue weighted by Crippen LogP contribution is -2.33. The molecule has 2 aliphatic rings. The van der Waals surface area contributed by atoms with E-state index in [0.29, 0.717) is 55.1 Å². The normalized spacial score (nSPS) is 15.7. The Morgan fingerprint density at radius 2 is 1.65 bits per heavy atom. The van der Waals surface area contributed by atoms with Crippen molar-refractivity contribution in [2.24, 2.45) is 0 Å². The molecule has 244 valence electrons. The molecule has 5 aromatic rings. The summed E-state index contributed by atoms with van der Waals surface area (Å²) in [6.07, 6.45) is 0. The van der Waals surface area contributed by atoms with Crippen LogP contribution in [0.3, 0.4) is 0 Å². The Kier molecular flexibility index (Phi) is 8.20. The van der Waals surface area contributed by atoms with Crippen molar-refractivity contribution in [1.29, 1.82) is 0 Å². The number of fused-ring (bicyclic) bond motifs is 6. The molecule has 1 amide bonds. The van der Waals surface area contributed by atoms with Crippen molar-refractivity contribution in [3.8, 4) is 17.3 Å². The van der Waals surface area contributed by atoms with Crippen LogP contribution in [0.25, 0.3) is 5.69 Å². The van der Waals surface area contributed by atoms with Gasteiger partial charge in [0.2, 0.25) is 17.4 Å². The largest absolute Gasteiger partial charge is 0.440 e. The van der Waals surface area contributed by atoms with Gasteiger partial charge in [-0.05, 0) is 62.4 Å². The summed E-state index contributed by atoms with van der Waals surface area (Å²) in [5, 5.41) is 12.1. The molecule has 0 aliphatic carbocycles. The number of benzene rings is 4. The monoisotopic (exact) mass is 721 g/mol. The average Bonchev–Trinajstić information content (AvgIpc) is 3.54. The van der Waals surface area contributed by atoms with Crippen LogP contribution in [0.5, 0.6) is 11.6 Å². The number of nitrogens with zero attached hydrogens (tertiary/aromatic N) is 3. The Labute approximate surface area is 296 Å². The quantitative estimate of drug-likeness (QED) is 0.162. The van der Waals surface area contributed by atoms with Crippen molar-refractivity contribution in [1.82, 2.24) is 9.78 Å². The molecule has 0 radical (unpaired) electrons. The van der Waals surface area contributed by atoms with Crippen LogP contribution in [-0.4, -0.2) is 34.7 Å². The zero-order valence-corrected chi connectivity index (χ0v) is 28.9. The van der Waals surface area contributed by atoms with Gasteiger partial charge in [-0.25, -0.2) is 4.79 Å². The zero-order valence-electron chi connectivity index (χ0n) is 25.8. The molecule has 48 heavy (non-hydrogen) atoms. The Bertz CT molecular complexity index is 2120. The SMILES string of the molecule is CCN(CC)c1ccc2c(c1)Oc1c(c(Nc3cc(NC(C)=O)ccc3Cl)nn1-c1c(Cl)cc(Cl)cc1Cl)C21OC(=O)c2ccccc21. The van der Waals surface area contributed by atoms with E-state index in [1.807, 2.05) is 30.3 Å². The number of aromatic nitrogens is 2. The van der Waals surface area contributed by atoms with E-state index in [2.05, 4.69) is 29.4 Å². The molecule has 0 bridgehead atoms. The van der Waals surface area contributed by atoms with Gasteiger partial charge in [-0.3, -0.25) is 4.79 Å². The maximum Gasteiger partial charge on any atom is 0.340 e. The van der Waals surface area contributed by atoms with E-state index in [0.717, 1.165) is 18.8 Å². The van der Waals surface area contributed by atoms with Crippen molar-refractivity contribution >= 4 is 81.2 Å². The maximum atomic E-state index is 13.7. The van der Waals surface area contributed by atoms with Crippen LogP contribution in [-0.2, 0) is 15.1 Å². The van der Waals surface area contributed by atoms with E-state index in [4.69, 9.17) is 61.0 Å². The number of rotatable bonds is 7. The van der Waals surface area contributed by atoms with E-state index in [-0.39, 0.29) is 27.7 Å². The highest BCUT2D eigenvalue weighted by Crippen LogP contribution is 2.59. The van der Waals surface area contributed by atoms with Crippen LogP contribution in [0.15, 0.2) is 72.8 Å². The standard InChI is InChI=1S/C35H27Cl4N5O4/c1-4-43(5-2)21-11-12-24-29(17-21)47-33-30(35(24)23-9-7-6-8-22(23)34(46)48-35)32(41-28-16-20(40-18(3)45)10-13-25(28)37)42-44(33)31-26(38)14-19(36)15-27(31)39/h6-17H,4-5H2,1-3H3,(H,40,45)(H,41,42). The average molecular weight is 723 g/mol. The summed E-state index contributed by atoms with van der Waals surface area (Å²) in [5.41, 5.74) is 2.60. The highest BCUT2D eigenvalue weighted by Gasteiger charge is 2.57. The second kappa shape index (κ2) is 12.2. The molecule has 1 aromatic heterocycles. The third-order valence-corrected chi connectivity index (χ3v) is 9.50. The van der Waals surface area contributed by atoms with Crippen molar-refractivity contribution in [3.05, 3.63) is 115 Å². The molecule has 4 aromatic carbocycles. The second-order valence-electron chi connectivity index (χ2n) is 11.2. The summed E-state index contributed by atoms with van der Waals surface area (Å²) in [4.78, 5) is 27.7. The lowest BCUT2D eigenvalue weighted by atomic mass is 9.78. The summed E-state index contributed by atoms with van der Waals surface area (Å²) in [7, 11) is 0. The van der Waals surface area contributed by atoms with Gasteiger partial charge >= 0.3 is 5.97 Å². The molecular weight excluding hydrogens is 696 g/mol. The van der Waals surface area contributed by atoms with Crippen LogP contribution in [0.4, 0.5) is 22.9 Å². The van der Waals surface area contributed by atoms with Gasteiger partial charge in [-0.1, -0.05) is 64.6 Å². The number of anilines is 4. The van der Waals surface area contributed by atoms with Gasteiger partial charge in [0, 0.05) is 53.6 Å². The fourth-order valence-electron chi connectivity index (χ4n) is 6.33. The van der Waals surface area contributed by atoms with Gasteiger partial charge in [0.05, 0.1) is 26.3 Å². The third-order valence-electron chi connectivity index (χ3n) is 8.38. The fraction of sp³-hybridized carbons (Fsp3) is 0.171. The van der Waals surface area contributed by atoms with E-state index < -0.39 is 11.6 Å². The molecule has 13 heteroatoms. The molecule has 1 atom stereocenters. The van der Waals surface area contributed by atoms with Crippen molar-refractivity contribution in [3.63, 3.8) is 0 Å². The number of nitrogens with one attached hydrogen (secondary N) is 2. The topological polar surface area (TPSA) is 97.7 Å². The van der Waals surface area contributed by atoms with Gasteiger partial charge in [0.15, 0.2) is 5.82 Å². The second-order valence-corrected chi connectivity index (χ2v) is 12.9. The lowest BCUT2D eigenvalue weighted by Gasteiger charge is -2.36. The number of amides is 1. The predicted octanol–water partition coefficient (Wildman–Crippen LogP) is 9.60. The Balaban J connectivity index is 1.55. The maximum absolute atomic E-state index is 13.7. The van der Waals surface area contributed by atoms with E-state index in [1.165, 1.54) is 11.6 Å². The first-order valence-electron chi connectivity index (χ1n) is 15.1. The first-order chi connectivity index (χ1) is 23.0. The minimum atomic E-state index is -1.51. The number of esters is 1. The molecule has 2 aliphatic heterocycles. The van der Waals surface area contributed by atoms with Crippen LogP contribution >= 0.6 is 46.4 Å². The molecule has 1 unspecified atom stereocenters. The highest BCUT2D eigenvalue weighted by atomic mass is 35.5. The molecule has 0 fully saturated rings. The molecule has 9 nitrogen and oxygen atoms in total. The number of hydrogen-bond donors (Lipinski definition) is 2. The molecule has 2 N–H and O–H groups in total. The Hall–Kier alpha value is -4.41. The van der Waals surface area contributed by atoms with Crippen LogP contribution < -0.4 is 20.3 Å². The van der Waals surface area contributed by atoms with E-state index >= 15 is 0 Å². The summed E-state index contributed by atoms with van der Waals surface area (Å²) >= 11 is 26.5. The Morgan fingerprint density at radius 1 is 0.917 bits per heavy atom. The van der Waals surface area contributed by atoms with E-state index in [1.54, 1.807) is 42.5 Å².